The second kappa shape index (κ2) is 12.7. The number of carbonyl (C=O) groups is 1. The van der Waals surface area contributed by atoms with Crippen LogP contribution in [0.15, 0.2) is 65.6 Å². The van der Waals surface area contributed by atoms with Crippen molar-refractivity contribution in [1.82, 2.24) is 4.90 Å². The van der Waals surface area contributed by atoms with Crippen LogP contribution in [0.4, 0.5) is 32.0 Å². The first-order valence-corrected chi connectivity index (χ1v) is 14.8. The molecular formula is C27H20Cl2F6N2O7S. The van der Waals surface area contributed by atoms with Gasteiger partial charge in [-0.05, 0) is 42.0 Å². The zero-order chi connectivity index (χ0) is 33.4. The number of alkyl halides is 6. The Morgan fingerprint density at radius 3 is 2.18 bits per heavy atom. The number of morpholine rings is 1. The fraction of sp³-hybridized carbons (Fsp3) is 0.296. The lowest BCUT2D eigenvalue weighted by Crippen LogP contribution is -2.52. The molecule has 1 fully saturated rings. The molecule has 3 aromatic carbocycles. The minimum atomic E-state index is -5.19. The maximum absolute atomic E-state index is 13.4. The quantitative estimate of drug-likeness (QED) is 0.107. The van der Waals surface area contributed by atoms with Gasteiger partial charge in [-0.25, -0.2) is 0 Å². The van der Waals surface area contributed by atoms with Gasteiger partial charge in [-0.3, -0.25) is 19.1 Å². The molecule has 4 rings (SSSR count). The van der Waals surface area contributed by atoms with Crippen molar-refractivity contribution in [2.24, 2.45) is 0 Å². The summed E-state index contributed by atoms with van der Waals surface area (Å²) in [6.45, 7) is -1.71. The average molecular weight is 701 g/mol. The summed E-state index contributed by atoms with van der Waals surface area (Å²) in [5, 5.41) is 11.5. The van der Waals surface area contributed by atoms with E-state index in [2.05, 4.69) is 0 Å². The minimum Gasteiger partial charge on any atom is -0.366 e. The molecule has 0 bridgehead atoms. The van der Waals surface area contributed by atoms with E-state index in [9.17, 15) is 49.7 Å². The number of nitro benzene ring substituents is 1. The Hall–Kier alpha value is -3.44. The van der Waals surface area contributed by atoms with Gasteiger partial charge < -0.3 is 9.64 Å². The van der Waals surface area contributed by atoms with Crippen LogP contribution in [-0.2, 0) is 37.0 Å². The number of para-hydroxylation sites is 1. The van der Waals surface area contributed by atoms with Crippen molar-refractivity contribution >= 4 is 44.9 Å². The summed E-state index contributed by atoms with van der Waals surface area (Å²) in [5.41, 5.74) is -6.44. The molecule has 1 heterocycles. The lowest BCUT2D eigenvalue weighted by molar-refractivity contribution is -0.387. The highest BCUT2D eigenvalue weighted by Crippen LogP contribution is 2.39. The third kappa shape index (κ3) is 7.69. The van der Waals surface area contributed by atoms with Crippen LogP contribution in [0.25, 0.3) is 0 Å². The van der Waals surface area contributed by atoms with Gasteiger partial charge in [0.25, 0.3) is 11.6 Å². The van der Waals surface area contributed by atoms with E-state index in [1.165, 1.54) is 30.3 Å². The Balaban J connectivity index is 1.69. The third-order valence-corrected chi connectivity index (χ3v) is 8.93. The molecule has 1 saturated heterocycles. The van der Waals surface area contributed by atoms with Crippen LogP contribution in [0.1, 0.15) is 33.5 Å². The SMILES string of the molecule is O=C(c1cc(C(F)(F)F)cc(C(F)(F)F)c1)N1CCOC(CCOS(=O)(=O)c2ccccc2[N+](=O)[O-])(c2ccc(Cl)c(Cl)c2)C1. The van der Waals surface area contributed by atoms with E-state index in [1.807, 2.05) is 0 Å². The van der Waals surface area contributed by atoms with Gasteiger partial charge in [0.1, 0.15) is 5.60 Å². The average Bonchev–Trinajstić information content (AvgIpc) is 2.97. The number of nitro groups is 1. The Bertz CT molecular complexity index is 1700. The van der Waals surface area contributed by atoms with Crippen LogP contribution in [0.2, 0.25) is 10.0 Å². The van der Waals surface area contributed by atoms with Gasteiger partial charge in [-0.15, -0.1) is 0 Å². The van der Waals surface area contributed by atoms with Crippen molar-refractivity contribution in [3.8, 4) is 0 Å². The van der Waals surface area contributed by atoms with Crippen LogP contribution in [-0.4, -0.2) is 50.5 Å². The highest BCUT2D eigenvalue weighted by atomic mass is 35.5. The lowest BCUT2D eigenvalue weighted by Gasteiger charge is -2.43. The molecule has 1 unspecified atom stereocenters. The van der Waals surface area contributed by atoms with E-state index in [4.69, 9.17) is 32.1 Å². The van der Waals surface area contributed by atoms with Gasteiger partial charge in [0.15, 0.2) is 4.90 Å². The molecule has 0 saturated carbocycles. The summed E-state index contributed by atoms with van der Waals surface area (Å²) in [6, 6.07) is 9.02. The minimum absolute atomic E-state index is 0.0155. The monoisotopic (exact) mass is 700 g/mol. The van der Waals surface area contributed by atoms with Crippen LogP contribution >= 0.6 is 23.2 Å². The number of hydrogen-bond acceptors (Lipinski definition) is 7. The van der Waals surface area contributed by atoms with Crippen molar-refractivity contribution in [2.75, 3.05) is 26.3 Å². The molecular weight excluding hydrogens is 681 g/mol. The van der Waals surface area contributed by atoms with Crippen LogP contribution in [0, 0.1) is 10.1 Å². The number of ether oxygens (including phenoxy) is 1. The zero-order valence-electron chi connectivity index (χ0n) is 22.5. The molecule has 1 amide bonds. The van der Waals surface area contributed by atoms with Gasteiger partial charge in [0.2, 0.25) is 0 Å². The summed E-state index contributed by atoms with van der Waals surface area (Å²) in [7, 11) is -4.71. The van der Waals surface area contributed by atoms with E-state index in [0.717, 1.165) is 17.0 Å². The molecule has 18 heteroatoms. The zero-order valence-corrected chi connectivity index (χ0v) is 24.8. The van der Waals surface area contributed by atoms with Crippen molar-refractivity contribution in [3.05, 3.63) is 103 Å². The van der Waals surface area contributed by atoms with Gasteiger partial charge in [0.05, 0.1) is 45.9 Å². The molecule has 3 aromatic rings. The van der Waals surface area contributed by atoms with Gasteiger partial charge >= 0.3 is 22.5 Å². The Morgan fingerprint density at radius 1 is 0.978 bits per heavy atom. The Labute approximate surface area is 261 Å². The van der Waals surface area contributed by atoms with Crippen LogP contribution in [0.3, 0.4) is 0 Å². The van der Waals surface area contributed by atoms with Gasteiger partial charge in [-0.2, -0.15) is 34.8 Å². The maximum Gasteiger partial charge on any atom is 0.416 e. The highest BCUT2D eigenvalue weighted by molar-refractivity contribution is 7.87. The van der Waals surface area contributed by atoms with Crippen LogP contribution in [0.5, 0.6) is 0 Å². The van der Waals surface area contributed by atoms with E-state index in [0.29, 0.717) is 12.1 Å². The summed E-state index contributed by atoms with van der Waals surface area (Å²) in [4.78, 5) is 24.1. The molecule has 1 aliphatic heterocycles. The summed E-state index contributed by atoms with van der Waals surface area (Å²) in [6.07, 6.45) is -10.8. The number of hydrogen-bond donors (Lipinski definition) is 0. The van der Waals surface area contributed by atoms with Crippen molar-refractivity contribution in [2.45, 2.75) is 29.3 Å². The normalized spacial score (nSPS) is 17.7. The molecule has 0 aliphatic carbocycles. The number of rotatable bonds is 8. The molecule has 1 aliphatic rings. The second-order valence-electron chi connectivity index (χ2n) is 9.74. The van der Waals surface area contributed by atoms with Crippen molar-refractivity contribution in [1.29, 1.82) is 0 Å². The first-order valence-electron chi connectivity index (χ1n) is 12.7. The number of halogens is 8. The van der Waals surface area contributed by atoms with E-state index in [-0.39, 0.29) is 41.2 Å². The molecule has 0 N–H and O–H groups in total. The van der Waals surface area contributed by atoms with E-state index in [1.54, 1.807) is 0 Å². The standard InChI is InChI=1S/C27H20Cl2F6N2O7S/c28-20-6-5-17(14-21(20)29)25(7-9-44-45(41,42)23-4-2-1-3-22(23)37(39)40)15-36(8-10-43-25)24(38)16-11-18(26(30,31)32)13-19(12-16)27(33,34)35/h1-6,11-14H,7-10,15H2. The van der Waals surface area contributed by atoms with Gasteiger partial charge in [0, 0.05) is 24.6 Å². The molecule has 0 spiro atoms. The van der Waals surface area contributed by atoms with E-state index >= 15 is 0 Å². The first kappa shape index (κ1) is 34.4. The maximum atomic E-state index is 13.4. The topological polar surface area (TPSA) is 116 Å². The molecule has 0 radical (unpaired) electrons. The summed E-state index contributed by atoms with van der Waals surface area (Å²) < 4.78 is 117. The molecule has 242 valence electrons. The molecule has 9 nitrogen and oxygen atoms in total. The fourth-order valence-electron chi connectivity index (χ4n) is 4.67. The number of nitrogens with zero attached hydrogens (tertiary/aromatic N) is 2. The highest BCUT2D eigenvalue weighted by Gasteiger charge is 2.43. The van der Waals surface area contributed by atoms with Crippen LogP contribution < -0.4 is 0 Å². The summed E-state index contributed by atoms with van der Waals surface area (Å²) in [5.74, 6) is -1.19. The Kier molecular flexibility index (Phi) is 9.76. The predicted octanol–water partition coefficient (Wildman–Crippen LogP) is 7.10. The number of benzene rings is 3. The predicted molar refractivity (Wildman–Crippen MR) is 147 cm³/mol. The molecule has 45 heavy (non-hydrogen) atoms. The van der Waals surface area contributed by atoms with Crippen molar-refractivity contribution in [3.63, 3.8) is 0 Å². The lowest BCUT2D eigenvalue weighted by atomic mass is 9.88. The number of amides is 1. The fourth-order valence-corrected chi connectivity index (χ4v) is 6.04. The van der Waals surface area contributed by atoms with Gasteiger partial charge in [-0.1, -0.05) is 41.4 Å². The van der Waals surface area contributed by atoms with E-state index < -0.39 is 79.3 Å². The third-order valence-electron chi connectivity index (χ3n) is 6.83. The smallest absolute Gasteiger partial charge is 0.366 e. The van der Waals surface area contributed by atoms with Crippen molar-refractivity contribution < 1.29 is 53.4 Å². The second-order valence-corrected chi connectivity index (χ2v) is 12.1. The molecule has 1 atom stereocenters. The Morgan fingerprint density at radius 2 is 1.60 bits per heavy atom. The molecule has 0 aromatic heterocycles. The summed E-state index contributed by atoms with van der Waals surface area (Å²) >= 11 is 12.2. The number of carbonyl (C=O) groups excluding carboxylic acids is 1. The first-order chi connectivity index (χ1) is 20.8. The largest absolute Gasteiger partial charge is 0.416 e.